The Morgan fingerprint density at radius 1 is 1.36 bits per heavy atom. The van der Waals surface area contributed by atoms with Crippen molar-refractivity contribution < 1.29 is 1.43 Å². The number of hydrogen-bond acceptors (Lipinski definition) is 2. The first-order chi connectivity index (χ1) is 6.68. The van der Waals surface area contributed by atoms with Crippen molar-refractivity contribution >= 4 is 0 Å². The molecular weight excluding hydrogens is 172 g/mol. The molecule has 1 spiro atoms. The summed E-state index contributed by atoms with van der Waals surface area (Å²) >= 11 is 0. The Labute approximate surface area is 90.5 Å². The van der Waals surface area contributed by atoms with Crippen LogP contribution >= 0.6 is 0 Å². The molecule has 0 radical (unpaired) electrons. The van der Waals surface area contributed by atoms with Crippen molar-refractivity contribution in [1.29, 1.82) is 0 Å². The molecule has 2 aliphatic rings. The van der Waals surface area contributed by atoms with Crippen LogP contribution in [-0.2, 0) is 0 Å². The van der Waals surface area contributed by atoms with E-state index in [0.29, 0.717) is 5.41 Å². The van der Waals surface area contributed by atoms with Crippen LogP contribution in [-0.4, -0.2) is 37.1 Å². The van der Waals surface area contributed by atoms with E-state index in [1.807, 2.05) is 13.8 Å². The van der Waals surface area contributed by atoms with Crippen molar-refractivity contribution in [2.45, 2.75) is 52.6 Å². The van der Waals surface area contributed by atoms with Crippen molar-refractivity contribution in [3.05, 3.63) is 0 Å². The Hall–Kier alpha value is -0.0800. The molecule has 1 atom stereocenters. The molecule has 0 amide bonds. The molecule has 0 unspecified atom stereocenters. The average Bonchev–Trinajstić information content (AvgIpc) is 2.83. The molecule has 86 valence electrons. The van der Waals surface area contributed by atoms with E-state index >= 15 is 0 Å². The van der Waals surface area contributed by atoms with E-state index in [-0.39, 0.29) is 1.43 Å². The minimum Gasteiger partial charge on any atom is -0.315 e. The van der Waals surface area contributed by atoms with Crippen molar-refractivity contribution in [3.8, 4) is 0 Å². The van der Waals surface area contributed by atoms with E-state index in [1.54, 1.807) is 0 Å². The molecule has 1 aliphatic carbocycles. The van der Waals surface area contributed by atoms with Crippen LogP contribution in [0.2, 0.25) is 0 Å². The lowest BCUT2D eigenvalue weighted by Crippen LogP contribution is -2.35. The van der Waals surface area contributed by atoms with E-state index < -0.39 is 0 Å². The second kappa shape index (κ2) is 4.63. The average molecular weight is 200 g/mol. The van der Waals surface area contributed by atoms with Crippen molar-refractivity contribution in [3.63, 3.8) is 0 Å². The lowest BCUT2D eigenvalue weighted by Gasteiger charge is -2.19. The zero-order valence-corrected chi connectivity index (χ0v) is 10.4. The molecule has 0 aromatic heterocycles. The second-order valence-electron chi connectivity index (χ2n) is 4.73. The van der Waals surface area contributed by atoms with Gasteiger partial charge < -0.3 is 5.32 Å². The van der Waals surface area contributed by atoms with Crippen molar-refractivity contribution in [2.75, 3.05) is 20.1 Å². The first kappa shape index (κ1) is 12.0. The summed E-state index contributed by atoms with van der Waals surface area (Å²) in [6, 6.07) is 1.49. The van der Waals surface area contributed by atoms with Gasteiger partial charge in [0.05, 0.1) is 0 Å². The van der Waals surface area contributed by atoms with Crippen molar-refractivity contribution in [2.24, 2.45) is 5.41 Å². The number of rotatable bonds is 2. The lowest BCUT2D eigenvalue weighted by molar-refractivity contribution is 0.261. The molecule has 2 heteroatoms. The van der Waals surface area contributed by atoms with Crippen LogP contribution in [0, 0.1) is 5.41 Å². The predicted molar refractivity (Wildman–Crippen MR) is 64.7 cm³/mol. The number of likely N-dealkylation sites (tertiary alicyclic amines) is 1. The lowest BCUT2D eigenvalue weighted by atomic mass is 10.0. The van der Waals surface area contributed by atoms with Crippen LogP contribution in [0.1, 0.15) is 42.0 Å². The van der Waals surface area contributed by atoms with Gasteiger partial charge in [0.2, 0.25) is 0 Å². The minimum atomic E-state index is 0. The summed E-state index contributed by atoms with van der Waals surface area (Å²) in [7, 11) is 2.11. The van der Waals surface area contributed by atoms with Gasteiger partial charge in [0, 0.05) is 26.6 Å². The van der Waals surface area contributed by atoms with Gasteiger partial charge in [-0.2, -0.15) is 0 Å². The molecule has 1 heterocycles. The Kier molecular flexibility index (Phi) is 3.96. The highest BCUT2D eigenvalue weighted by Gasteiger charge is 2.54. The standard InChI is InChI=1S/C10H20N2.C2H6.H2/c1-8(2)12-6-9(11-3)10(7-12)4-5-10;1-2;/h8-9,11H,4-7H2,1-3H3;1-2H3;1H/t9-;;/m0../s1. The molecule has 14 heavy (non-hydrogen) atoms. The molecular formula is C12H28N2. The molecule has 0 aromatic rings. The Bertz CT molecular complexity index is 178. The fourth-order valence-electron chi connectivity index (χ4n) is 2.47. The first-order valence-electron chi connectivity index (χ1n) is 6.09. The van der Waals surface area contributed by atoms with Gasteiger partial charge in [-0.05, 0) is 39.2 Å². The zero-order valence-electron chi connectivity index (χ0n) is 10.4. The molecule has 2 nitrogen and oxygen atoms in total. The third-order valence-corrected chi connectivity index (χ3v) is 3.65. The Morgan fingerprint density at radius 2 is 1.93 bits per heavy atom. The van der Waals surface area contributed by atoms with Gasteiger partial charge in [-0.15, -0.1) is 0 Å². The van der Waals surface area contributed by atoms with Gasteiger partial charge in [-0.25, -0.2) is 0 Å². The van der Waals surface area contributed by atoms with Gasteiger partial charge in [0.1, 0.15) is 0 Å². The van der Waals surface area contributed by atoms with E-state index in [0.717, 1.165) is 12.1 Å². The predicted octanol–water partition coefficient (Wildman–Crippen LogP) is 2.35. The van der Waals surface area contributed by atoms with Crippen LogP contribution in [0.25, 0.3) is 0 Å². The fraction of sp³-hybridized carbons (Fsp3) is 1.00. The molecule has 0 bridgehead atoms. The molecule has 1 N–H and O–H groups in total. The van der Waals surface area contributed by atoms with E-state index in [2.05, 4.69) is 31.1 Å². The van der Waals surface area contributed by atoms with Crippen LogP contribution in [0.15, 0.2) is 0 Å². The second-order valence-corrected chi connectivity index (χ2v) is 4.73. The largest absolute Gasteiger partial charge is 0.315 e. The zero-order chi connectivity index (χ0) is 10.8. The summed E-state index contributed by atoms with van der Waals surface area (Å²) in [6.45, 7) is 11.2. The van der Waals surface area contributed by atoms with Crippen molar-refractivity contribution in [1.82, 2.24) is 10.2 Å². The molecule has 1 saturated heterocycles. The van der Waals surface area contributed by atoms with Crippen LogP contribution in [0.5, 0.6) is 0 Å². The van der Waals surface area contributed by atoms with E-state index in [4.69, 9.17) is 0 Å². The van der Waals surface area contributed by atoms with E-state index in [1.165, 1.54) is 25.9 Å². The number of nitrogens with one attached hydrogen (secondary N) is 1. The summed E-state index contributed by atoms with van der Waals surface area (Å²) in [4.78, 5) is 2.61. The highest BCUT2D eigenvalue weighted by atomic mass is 15.2. The summed E-state index contributed by atoms with van der Waals surface area (Å²) in [5, 5.41) is 3.46. The maximum absolute atomic E-state index is 3.46. The van der Waals surface area contributed by atoms with Crippen LogP contribution in [0.4, 0.5) is 0 Å². The first-order valence-corrected chi connectivity index (χ1v) is 6.09. The minimum absolute atomic E-state index is 0. The Morgan fingerprint density at radius 3 is 2.21 bits per heavy atom. The maximum Gasteiger partial charge on any atom is 0.0260 e. The number of likely N-dealkylation sites (N-methyl/N-ethyl adjacent to an activating group) is 1. The fourth-order valence-corrected chi connectivity index (χ4v) is 2.47. The summed E-state index contributed by atoms with van der Waals surface area (Å²) < 4.78 is 0. The molecule has 0 aromatic carbocycles. The maximum atomic E-state index is 3.46. The molecule has 2 rings (SSSR count). The SMILES string of the molecule is CC.CN[C@H]1CN(C(C)C)CC12CC2.[HH]. The highest BCUT2D eigenvalue weighted by molar-refractivity contribution is 5.09. The van der Waals surface area contributed by atoms with Gasteiger partial charge in [0.15, 0.2) is 0 Å². The van der Waals surface area contributed by atoms with Crippen LogP contribution < -0.4 is 5.32 Å². The van der Waals surface area contributed by atoms with Gasteiger partial charge in [0.25, 0.3) is 0 Å². The third kappa shape index (κ3) is 2.12. The third-order valence-electron chi connectivity index (χ3n) is 3.65. The highest BCUT2D eigenvalue weighted by Crippen LogP contribution is 2.52. The van der Waals surface area contributed by atoms with Crippen LogP contribution in [0.3, 0.4) is 0 Å². The topological polar surface area (TPSA) is 15.3 Å². The molecule has 1 aliphatic heterocycles. The van der Waals surface area contributed by atoms with Gasteiger partial charge in [-0.3, -0.25) is 4.90 Å². The Balaban J connectivity index is 0.000000617. The molecule has 1 saturated carbocycles. The summed E-state index contributed by atoms with van der Waals surface area (Å²) in [6.07, 6.45) is 2.89. The monoisotopic (exact) mass is 200 g/mol. The van der Waals surface area contributed by atoms with Gasteiger partial charge in [-0.1, -0.05) is 13.8 Å². The number of nitrogens with zero attached hydrogens (tertiary/aromatic N) is 1. The molecule has 2 fully saturated rings. The summed E-state index contributed by atoms with van der Waals surface area (Å²) in [5.74, 6) is 0. The van der Waals surface area contributed by atoms with E-state index in [9.17, 15) is 0 Å². The smallest absolute Gasteiger partial charge is 0.0260 e. The quantitative estimate of drug-likeness (QED) is 0.736. The normalized spacial score (nSPS) is 29.1. The van der Waals surface area contributed by atoms with Gasteiger partial charge >= 0.3 is 0 Å². The number of hydrogen-bond donors (Lipinski definition) is 1. The summed E-state index contributed by atoms with van der Waals surface area (Å²) in [5.41, 5.74) is 0.680.